The number of carbonyl (C=O) groups excluding carboxylic acids is 1. The molecule has 1 fully saturated rings. The van der Waals surface area contributed by atoms with Crippen LogP contribution in [0, 0.1) is 11.8 Å². The van der Waals surface area contributed by atoms with Gasteiger partial charge in [0.05, 0.1) is 0 Å². The van der Waals surface area contributed by atoms with Gasteiger partial charge in [-0.25, -0.2) is 4.79 Å². The van der Waals surface area contributed by atoms with Crippen LogP contribution in [0.1, 0.15) is 33.6 Å². The summed E-state index contributed by atoms with van der Waals surface area (Å²) >= 11 is 0. The Morgan fingerprint density at radius 2 is 1.83 bits per heavy atom. The molecule has 4 heteroatoms. The lowest BCUT2D eigenvalue weighted by atomic mass is 9.97. The van der Waals surface area contributed by atoms with Gasteiger partial charge in [0.25, 0.3) is 0 Å². The van der Waals surface area contributed by atoms with E-state index < -0.39 is 0 Å². The molecule has 1 atom stereocenters. The lowest BCUT2D eigenvalue weighted by Gasteiger charge is -2.34. The molecular weight excluding hydrogens is 226 g/mol. The zero-order valence-electron chi connectivity index (χ0n) is 12.6. The van der Waals surface area contributed by atoms with E-state index in [0.717, 1.165) is 38.4 Å². The zero-order valence-corrected chi connectivity index (χ0v) is 12.6. The van der Waals surface area contributed by atoms with Crippen molar-refractivity contribution in [2.45, 2.75) is 39.7 Å². The first kappa shape index (κ1) is 15.3. The number of hydrogen-bond acceptors (Lipinski definition) is 2. The molecule has 18 heavy (non-hydrogen) atoms. The topological polar surface area (TPSA) is 35.6 Å². The third kappa shape index (κ3) is 4.48. The van der Waals surface area contributed by atoms with E-state index in [0.29, 0.717) is 12.0 Å². The highest BCUT2D eigenvalue weighted by Crippen LogP contribution is 2.13. The molecule has 0 aromatic rings. The minimum Gasteiger partial charge on any atom is -0.331 e. The molecule has 0 aromatic heterocycles. The molecule has 0 bridgehead atoms. The summed E-state index contributed by atoms with van der Waals surface area (Å²) in [5, 5.41) is 3.64. The van der Waals surface area contributed by atoms with Crippen LogP contribution < -0.4 is 5.32 Å². The summed E-state index contributed by atoms with van der Waals surface area (Å²) in [6, 6.07) is 0.724. The minimum absolute atomic E-state index is 0.143. The fourth-order valence-corrected chi connectivity index (χ4v) is 2.15. The Balaban J connectivity index is 2.25. The highest BCUT2D eigenvalue weighted by molar-refractivity contribution is 5.73. The van der Waals surface area contributed by atoms with Gasteiger partial charge in [0, 0.05) is 33.2 Å². The number of piperidine rings is 1. The molecule has 0 saturated carbocycles. The van der Waals surface area contributed by atoms with Crippen LogP contribution in [0.25, 0.3) is 0 Å². The molecule has 1 unspecified atom stereocenters. The number of likely N-dealkylation sites (tertiary alicyclic amines) is 1. The van der Waals surface area contributed by atoms with E-state index in [1.807, 2.05) is 19.0 Å². The quantitative estimate of drug-likeness (QED) is 0.834. The molecule has 106 valence electrons. The monoisotopic (exact) mass is 255 g/mol. The summed E-state index contributed by atoms with van der Waals surface area (Å²) in [5.74, 6) is 1.44. The smallest absolute Gasteiger partial charge is 0.319 e. The van der Waals surface area contributed by atoms with Crippen molar-refractivity contribution >= 4 is 6.03 Å². The van der Waals surface area contributed by atoms with E-state index >= 15 is 0 Å². The van der Waals surface area contributed by atoms with Crippen LogP contribution in [0.3, 0.4) is 0 Å². The molecule has 1 aliphatic rings. The summed E-state index contributed by atoms with van der Waals surface area (Å²) in [5.41, 5.74) is 0. The van der Waals surface area contributed by atoms with Gasteiger partial charge in [-0.1, -0.05) is 20.8 Å². The summed E-state index contributed by atoms with van der Waals surface area (Å²) in [4.78, 5) is 15.4. The van der Waals surface area contributed by atoms with Gasteiger partial charge < -0.3 is 15.1 Å². The molecule has 0 spiro atoms. The number of hydrogen-bond donors (Lipinski definition) is 1. The van der Waals surface area contributed by atoms with Gasteiger partial charge in [-0.3, -0.25) is 0 Å². The van der Waals surface area contributed by atoms with Crippen LogP contribution in [0.4, 0.5) is 4.79 Å². The first-order valence-electron chi connectivity index (χ1n) is 7.11. The van der Waals surface area contributed by atoms with E-state index in [9.17, 15) is 4.79 Å². The SMILES string of the molecule is CC(C)C(C)CNC1CCN(C(=O)N(C)C)CC1. The van der Waals surface area contributed by atoms with Gasteiger partial charge in [-0.15, -0.1) is 0 Å². The van der Waals surface area contributed by atoms with Crippen molar-refractivity contribution in [1.82, 2.24) is 15.1 Å². The zero-order chi connectivity index (χ0) is 13.7. The first-order chi connectivity index (χ1) is 8.41. The van der Waals surface area contributed by atoms with E-state index in [1.54, 1.807) is 4.90 Å². The highest BCUT2D eigenvalue weighted by atomic mass is 16.2. The van der Waals surface area contributed by atoms with Crippen LogP contribution in [-0.4, -0.2) is 55.6 Å². The van der Waals surface area contributed by atoms with E-state index in [4.69, 9.17) is 0 Å². The van der Waals surface area contributed by atoms with E-state index in [1.165, 1.54) is 0 Å². The molecular formula is C14H29N3O. The van der Waals surface area contributed by atoms with Crippen molar-refractivity contribution in [1.29, 1.82) is 0 Å². The Morgan fingerprint density at radius 1 is 1.28 bits per heavy atom. The van der Waals surface area contributed by atoms with Crippen molar-refractivity contribution in [3.8, 4) is 0 Å². The summed E-state index contributed by atoms with van der Waals surface area (Å²) in [6.45, 7) is 9.68. The minimum atomic E-state index is 0.143. The standard InChI is InChI=1S/C14H29N3O/c1-11(2)12(3)10-15-13-6-8-17(9-7-13)14(18)16(4)5/h11-13,15H,6-10H2,1-5H3. The molecule has 1 N–H and O–H groups in total. The number of nitrogens with one attached hydrogen (secondary N) is 1. The van der Waals surface area contributed by atoms with Gasteiger partial charge in [0.1, 0.15) is 0 Å². The Morgan fingerprint density at radius 3 is 2.28 bits per heavy atom. The first-order valence-corrected chi connectivity index (χ1v) is 7.11. The molecule has 0 aliphatic carbocycles. The van der Waals surface area contributed by atoms with Crippen LogP contribution >= 0.6 is 0 Å². The van der Waals surface area contributed by atoms with Crippen molar-refractivity contribution in [2.75, 3.05) is 33.7 Å². The summed E-state index contributed by atoms with van der Waals surface area (Å²) in [7, 11) is 3.63. The number of nitrogens with zero attached hydrogens (tertiary/aromatic N) is 2. The molecule has 0 radical (unpaired) electrons. The molecule has 1 rings (SSSR count). The number of urea groups is 1. The maximum absolute atomic E-state index is 11.8. The predicted octanol–water partition coefficient (Wildman–Crippen LogP) is 2.01. The number of carbonyl (C=O) groups is 1. The maximum Gasteiger partial charge on any atom is 0.319 e. The van der Waals surface area contributed by atoms with Crippen LogP contribution in [0.15, 0.2) is 0 Å². The Kier molecular flexibility index (Phi) is 5.93. The average Bonchev–Trinajstić information content (AvgIpc) is 2.35. The second-order valence-electron chi connectivity index (χ2n) is 6.07. The van der Waals surface area contributed by atoms with Gasteiger partial charge in [-0.2, -0.15) is 0 Å². The molecule has 1 saturated heterocycles. The second kappa shape index (κ2) is 6.98. The van der Waals surface area contributed by atoms with Crippen molar-refractivity contribution < 1.29 is 4.79 Å². The van der Waals surface area contributed by atoms with Crippen LogP contribution in [0.2, 0.25) is 0 Å². The number of rotatable bonds is 4. The predicted molar refractivity (Wildman–Crippen MR) is 75.7 cm³/mol. The van der Waals surface area contributed by atoms with Gasteiger partial charge >= 0.3 is 6.03 Å². The van der Waals surface area contributed by atoms with Crippen molar-refractivity contribution in [3.05, 3.63) is 0 Å². The maximum atomic E-state index is 11.8. The lowest BCUT2D eigenvalue weighted by Crippen LogP contribution is -2.48. The second-order valence-corrected chi connectivity index (χ2v) is 6.07. The normalized spacial score (nSPS) is 19.1. The summed E-state index contributed by atoms with van der Waals surface area (Å²) in [6.07, 6.45) is 2.15. The van der Waals surface area contributed by atoms with Gasteiger partial charge in [0.2, 0.25) is 0 Å². The Bertz CT molecular complexity index is 258. The number of amides is 2. The van der Waals surface area contributed by atoms with Crippen molar-refractivity contribution in [3.63, 3.8) is 0 Å². The van der Waals surface area contributed by atoms with Crippen molar-refractivity contribution in [2.24, 2.45) is 11.8 Å². The lowest BCUT2D eigenvalue weighted by molar-refractivity contribution is 0.151. The molecule has 1 heterocycles. The third-order valence-corrected chi connectivity index (χ3v) is 4.01. The molecule has 1 aliphatic heterocycles. The van der Waals surface area contributed by atoms with Crippen LogP contribution in [-0.2, 0) is 0 Å². The van der Waals surface area contributed by atoms with Crippen LogP contribution in [0.5, 0.6) is 0 Å². The van der Waals surface area contributed by atoms with E-state index in [-0.39, 0.29) is 6.03 Å². The fourth-order valence-electron chi connectivity index (χ4n) is 2.15. The van der Waals surface area contributed by atoms with Gasteiger partial charge in [0.15, 0.2) is 0 Å². The molecule has 0 aromatic carbocycles. The Hall–Kier alpha value is -0.770. The average molecular weight is 255 g/mol. The fraction of sp³-hybridized carbons (Fsp3) is 0.929. The largest absolute Gasteiger partial charge is 0.331 e. The molecule has 2 amide bonds. The van der Waals surface area contributed by atoms with E-state index in [2.05, 4.69) is 26.1 Å². The van der Waals surface area contributed by atoms with Gasteiger partial charge in [-0.05, 0) is 31.2 Å². The highest BCUT2D eigenvalue weighted by Gasteiger charge is 2.23. The summed E-state index contributed by atoms with van der Waals surface area (Å²) < 4.78 is 0. The molecule has 4 nitrogen and oxygen atoms in total. The Labute approximate surface area is 112 Å². The third-order valence-electron chi connectivity index (χ3n) is 4.01.